The van der Waals surface area contributed by atoms with Gasteiger partial charge in [-0.05, 0) is 72.2 Å². The number of nitro groups is 1. The number of thioether (sulfide) groups is 1. The van der Waals surface area contributed by atoms with E-state index in [2.05, 4.69) is 20.9 Å². The Labute approximate surface area is 278 Å². The monoisotopic (exact) mass is 723 g/mol. The summed E-state index contributed by atoms with van der Waals surface area (Å²) in [7, 11) is 0. The number of nitrogens with zero attached hydrogens (tertiary/aromatic N) is 2. The van der Waals surface area contributed by atoms with Crippen LogP contribution in [0.4, 0.5) is 11.4 Å². The van der Waals surface area contributed by atoms with Gasteiger partial charge in [0.25, 0.3) is 5.69 Å². The van der Waals surface area contributed by atoms with E-state index in [1.807, 2.05) is 24.3 Å². The van der Waals surface area contributed by atoms with Crippen LogP contribution in [0.5, 0.6) is 5.75 Å². The Hall–Kier alpha value is -3.45. The Bertz CT molecular complexity index is 1960. The minimum absolute atomic E-state index is 0.0688. The average molecular weight is 725 g/mol. The van der Waals surface area contributed by atoms with Gasteiger partial charge in [-0.3, -0.25) is 29.4 Å². The number of nitrogens with one attached hydrogen (secondary N) is 1. The highest BCUT2D eigenvalue weighted by molar-refractivity contribution is 9.10. The van der Waals surface area contributed by atoms with Crippen molar-refractivity contribution in [3.05, 3.63) is 112 Å². The summed E-state index contributed by atoms with van der Waals surface area (Å²) < 4.78 is 7.17. The molecule has 0 radical (unpaired) electrons. The van der Waals surface area contributed by atoms with Crippen LogP contribution in [-0.4, -0.2) is 27.0 Å². The SMILES string of the molecule is O=C1C2C(C(=O)N1c1ccc(Br)cc1)[C@@H]1C[C@H]2C2Sc3[nH]c(=O)sc3C(c3cc([N+](=O)[O-])ccc3OCc3cccc(Cl)c3)C21. The molecule has 228 valence electrons. The van der Waals surface area contributed by atoms with Crippen LogP contribution in [-0.2, 0) is 16.2 Å². The minimum atomic E-state index is -0.498. The molecule has 1 saturated heterocycles. The van der Waals surface area contributed by atoms with Crippen molar-refractivity contribution in [3.63, 3.8) is 0 Å². The molecule has 1 aromatic heterocycles. The summed E-state index contributed by atoms with van der Waals surface area (Å²) >= 11 is 12.3. The van der Waals surface area contributed by atoms with Gasteiger partial charge in [0.05, 0.1) is 27.5 Å². The summed E-state index contributed by atoms with van der Waals surface area (Å²) in [6.45, 7) is 0.184. The van der Waals surface area contributed by atoms with E-state index in [9.17, 15) is 24.5 Å². The normalized spacial score (nSPS) is 27.8. The summed E-state index contributed by atoms with van der Waals surface area (Å²) in [6.07, 6.45) is 0.701. The number of aromatic nitrogens is 1. The average Bonchev–Trinajstić information content (AvgIpc) is 3.75. The first-order valence-electron chi connectivity index (χ1n) is 14.4. The molecule has 0 spiro atoms. The van der Waals surface area contributed by atoms with E-state index >= 15 is 0 Å². The molecule has 1 N–H and O–H groups in total. The molecule has 2 aliphatic carbocycles. The number of imide groups is 1. The number of amides is 2. The number of aromatic amines is 1. The first-order chi connectivity index (χ1) is 21.7. The Morgan fingerprint density at radius 2 is 1.78 bits per heavy atom. The van der Waals surface area contributed by atoms with Crippen LogP contribution in [0.1, 0.15) is 28.3 Å². The molecule has 2 amide bonds. The van der Waals surface area contributed by atoms with E-state index in [1.165, 1.54) is 17.0 Å². The molecule has 3 heterocycles. The smallest absolute Gasteiger partial charge is 0.305 e. The third kappa shape index (κ3) is 4.59. The Morgan fingerprint density at radius 1 is 1.02 bits per heavy atom. The number of carbonyl (C=O) groups excluding carboxylic acids is 2. The number of nitro benzene ring substituents is 1. The van der Waals surface area contributed by atoms with E-state index in [1.54, 1.807) is 42.1 Å². The molecule has 2 bridgehead atoms. The first kappa shape index (κ1) is 29.0. The summed E-state index contributed by atoms with van der Waals surface area (Å²) in [4.78, 5) is 57.1. The lowest BCUT2D eigenvalue weighted by molar-refractivity contribution is -0.385. The zero-order valence-electron chi connectivity index (χ0n) is 23.2. The number of H-pyrrole nitrogens is 1. The number of fused-ring (bicyclic) bond motifs is 9. The molecule has 4 aromatic rings. The fourth-order valence-corrected chi connectivity index (χ4v) is 11.4. The molecule has 8 rings (SSSR count). The molecule has 3 fully saturated rings. The second-order valence-electron chi connectivity index (χ2n) is 11.8. The fraction of sp³-hybridized carbons (Fsp3) is 0.281. The number of anilines is 1. The maximum atomic E-state index is 14.0. The molecule has 4 aliphatic rings. The quantitative estimate of drug-likeness (QED) is 0.129. The van der Waals surface area contributed by atoms with E-state index < -0.39 is 22.7 Å². The van der Waals surface area contributed by atoms with Gasteiger partial charge in [-0.15, -0.1) is 11.8 Å². The van der Waals surface area contributed by atoms with E-state index in [4.69, 9.17) is 16.3 Å². The highest BCUT2D eigenvalue weighted by Crippen LogP contribution is 2.69. The van der Waals surface area contributed by atoms with Gasteiger partial charge in [0, 0.05) is 43.2 Å². The summed E-state index contributed by atoms with van der Waals surface area (Å²) in [5, 5.41) is 13.2. The van der Waals surface area contributed by atoms with Crippen molar-refractivity contribution in [2.24, 2.45) is 29.6 Å². The maximum absolute atomic E-state index is 14.0. The minimum Gasteiger partial charge on any atom is -0.489 e. The van der Waals surface area contributed by atoms with E-state index in [0.29, 0.717) is 33.5 Å². The Balaban J connectivity index is 1.22. The van der Waals surface area contributed by atoms with E-state index in [-0.39, 0.29) is 52.0 Å². The number of hydrogen-bond acceptors (Lipinski definition) is 8. The number of thiazole rings is 1. The van der Waals surface area contributed by atoms with Gasteiger partial charge in [0.15, 0.2) is 0 Å². The topological polar surface area (TPSA) is 123 Å². The standard InChI is InChI=1S/C32H23BrClN3O6S2/c33-15-4-6-17(7-5-15)36-30(38)25-20-12-21(26(25)31(36)39)27-24(20)23(28-29(44-27)35-32(40)45-28)19-11-18(37(41)42)8-9-22(19)43-13-14-2-1-3-16(34)10-14/h1-11,20-21,23-27H,12-13H2,(H,35,40)/t20-,21-,23?,24?,25?,26?,27?/m1/s1. The van der Waals surface area contributed by atoms with Crippen molar-refractivity contribution in [1.82, 2.24) is 4.98 Å². The van der Waals surface area contributed by atoms with Crippen LogP contribution in [0.2, 0.25) is 5.02 Å². The molecule has 13 heteroatoms. The van der Waals surface area contributed by atoms with Gasteiger partial charge in [0.2, 0.25) is 11.8 Å². The lowest BCUT2D eigenvalue weighted by atomic mass is 9.68. The molecule has 2 aliphatic heterocycles. The van der Waals surface area contributed by atoms with Gasteiger partial charge in [-0.25, -0.2) is 0 Å². The fourth-order valence-electron chi connectivity index (χ4n) is 8.02. The molecule has 7 atom stereocenters. The van der Waals surface area contributed by atoms with Crippen LogP contribution in [0.25, 0.3) is 0 Å². The van der Waals surface area contributed by atoms with Crippen LogP contribution in [0, 0.1) is 39.7 Å². The largest absolute Gasteiger partial charge is 0.489 e. The number of non-ortho nitro benzene ring substituents is 1. The van der Waals surface area contributed by atoms with Gasteiger partial charge in [0.1, 0.15) is 12.4 Å². The van der Waals surface area contributed by atoms with Crippen LogP contribution >= 0.6 is 50.6 Å². The van der Waals surface area contributed by atoms with Crippen molar-refractivity contribution >= 4 is 73.8 Å². The lowest BCUT2D eigenvalue weighted by Gasteiger charge is -2.43. The molecule has 3 aromatic carbocycles. The Morgan fingerprint density at radius 3 is 2.51 bits per heavy atom. The third-order valence-electron chi connectivity index (χ3n) is 9.63. The highest BCUT2D eigenvalue weighted by Gasteiger charge is 2.70. The number of benzene rings is 3. The Kier molecular flexibility index (Phi) is 6.97. The third-order valence-corrected chi connectivity index (χ3v) is 13.0. The number of halogens is 2. The highest BCUT2D eigenvalue weighted by atomic mass is 79.9. The second-order valence-corrected chi connectivity index (χ2v) is 15.4. The molecule has 2 saturated carbocycles. The molecule has 5 unspecified atom stereocenters. The summed E-state index contributed by atoms with van der Waals surface area (Å²) in [5.74, 6) is -1.67. The lowest BCUT2D eigenvalue weighted by Crippen LogP contribution is -2.42. The van der Waals surface area contributed by atoms with E-state index in [0.717, 1.165) is 26.3 Å². The van der Waals surface area contributed by atoms with Crippen molar-refractivity contribution in [2.75, 3.05) is 4.90 Å². The van der Waals surface area contributed by atoms with Crippen molar-refractivity contribution < 1.29 is 19.2 Å². The predicted molar refractivity (Wildman–Crippen MR) is 174 cm³/mol. The number of rotatable bonds is 6. The van der Waals surface area contributed by atoms with Crippen LogP contribution in [0.15, 0.2) is 81.0 Å². The van der Waals surface area contributed by atoms with Crippen molar-refractivity contribution in [2.45, 2.75) is 29.2 Å². The molecular weight excluding hydrogens is 702 g/mol. The molecule has 45 heavy (non-hydrogen) atoms. The summed E-state index contributed by atoms with van der Waals surface area (Å²) in [5.41, 5.74) is 1.90. The maximum Gasteiger partial charge on any atom is 0.305 e. The van der Waals surface area contributed by atoms with Crippen LogP contribution < -0.4 is 14.5 Å². The van der Waals surface area contributed by atoms with Crippen molar-refractivity contribution in [1.29, 1.82) is 0 Å². The summed E-state index contributed by atoms with van der Waals surface area (Å²) in [6, 6.07) is 19.0. The second kappa shape index (κ2) is 10.8. The van der Waals surface area contributed by atoms with Gasteiger partial charge < -0.3 is 9.72 Å². The van der Waals surface area contributed by atoms with Gasteiger partial charge >= 0.3 is 4.87 Å². The molecule has 9 nitrogen and oxygen atoms in total. The molecular formula is C32H23BrClN3O6S2. The number of carbonyl (C=O) groups is 2. The zero-order chi connectivity index (χ0) is 31.1. The first-order valence-corrected chi connectivity index (χ1v) is 17.2. The van der Waals surface area contributed by atoms with Crippen molar-refractivity contribution in [3.8, 4) is 5.75 Å². The van der Waals surface area contributed by atoms with Crippen LogP contribution in [0.3, 0.4) is 0 Å². The zero-order valence-corrected chi connectivity index (χ0v) is 27.2. The number of ether oxygens (including phenoxy) is 1. The van der Waals surface area contributed by atoms with Gasteiger partial charge in [-0.1, -0.05) is 51.0 Å². The van der Waals surface area contributed by atoms with Gasteiger partial charge in [-0.2, -0.15) is 0 Å². The number of hydrogen-bond donors (Lipinski definition) is 1. The predicted octanol–water partition coefficient (Wildman–Crippen LogP) is 7.02.